The smallest absolute Gasteiger partial charge is 0.161 e. The number of methoxy groups -OCH3 is 1. The first-order valence-electron chi connectivity index (χ1n) is 8.69. The van der Waals surface area contributed by atoms with Gasteiger partial charge < -0.3 is 9.47 Å². The van der Waals surface area contributed by atoms with Gasteiger partial charge in [-0.15, -0.1) is 0 Å². The van der Waals surface area contributed by atoms with E-state index in [2.05, 4.69) is 22.1 Å². The van der Waals surface area contributed by atoms with Crippen molar-refractivity contribution in [3.63, 3.8) is 0 Å². The Labute approximate surface area is 164 Å². The van der Waals surface area contributed by atoms with Gasteiger partial charge in [-0.2, -0.15) is 0 Å². The SMILES string of the molecule is COc1cc(C=NCCc2ccccc2)ccc1OCc1ccc(Cl)nc1. The first-order valence-corrected chi connectivity index (χ1v) is 9.07. The van der Waals surface area contributed by atoms with Gasteiger partial charge in [-0.3, -0.25) is 4.99 Å². The zero-order chi connectivity index (χ0) is 18.9. The lowest BCUT2D eigenvalue weighted by atomic mass is 10.1. The molecule has 2 aromatic carbocycles. The Bertz CT molecular complexity index is 881. The van der Waals surface area contributed by atoms with Crippen LogP contribution in [-0.4, -0.2) is 24.9 Å². The van der Waals surface area contributed by atoms with Crippen molar-refractivity contribution < 1.29 is 9.47 Å². The summed E-state index contributed by atoms with van der Waals surface area (Å²) < 4.78 is 11.3. The average molecular weight is 381 g/mol. The average Bonchev–Trinajstić information content (AvgIpc) is 2.72. The number of benzene rings is 2. The van der Waals surface area contributed by atoms with Gasteiger partial charge in [-0.05, 0) is 41.8 Å². The molecule has 3 rings (SSSR count). The van der Waals surface area contributed by atoms with Crippen LogP contribution in [-0.2, 0) is 13.0 Å². The molecule has 0 spiro atoms. The van der Waals surface area contributed by atoms with E-state index < -0.39 is 0 Å². The van der Waals surface area contributed by atoms with E-state index in [-0.39, 0.29) is 0 Å². The second-order valence-corrected chi connectivity index (χ2v) is 6.35. The number of nitrogens with zero attached hydrogens (tertiary/aromatic N) is 2. The molecular formula is C22H21ClN2O2. The molecular weight excluding hydrogens is 360 g/mol. The molecule has 0 saturated heterocycles. The van der Waals surface area contributed by atoms with Gasteiger partial charge in [0.25, 0.3) is 0 Å². The molecule has 0 amide bonds. The van der Waals surface area contributed by atoms with Crippen molar-refractivity contribution in [1.82, 2.24) is 4.98 Å². The van der Waals surface area contributed by atoms with E-state index >= 15 is 0 Å². The summed E-state index contributed by atoms with van der Waals surface area (Å²) in [6, 6.07) is 19.7. The molecule has 0 atom stereocenters. The molecule has 0 N–H and O–H groups in total. The number of rotatable bonds is 8. The van der Waals surface area contributed by atoms with Gasteiger partial charge in [-0.25, -0.2) is 4.98 Å². The quantitative estimate of drug-likeness (QED) is 0.408. The first-order chi connectivity index (χ1) is 13.2. The molecule has 0 aliphatic rings. The Balaban J connectivity index is 1.58. The van der Waals surface area contributed by atoms with Crippen LogP contribution in [0, 0.1) is 0 Å². The van der Waals surface area contributed by atoms with E-state index in [4.69, 9.17) is 21.1 Å². The van der Waals surface area contributed by atoms with E-state index in [0.29, 0.717) is 23.3 Å². The fraction of sp³-hybridized carbons (Fsp3) is 0.182. The van der Waals surface area contributed by atoms with Crippen LogP contribution < -0.4 is 9.47 Å². The summed E-state index contributed by atoms with van der Waals surface area (Å²) in [5.41, 5.74) is 3.20. The standard InChI is InChI=1S/C22H21ClN2O2/c1-26-21-13-18(14-24-12-11-17-5-3-2-4-6-17)7-9-20(21)27-16-19-8-10-22(23)25-15-19/h2-10,13-15H,11-12,16H2,1H3. The largest absolute Gasteiger partial charge is 0.493 e. The lowest BCUT2D eigenvalue weighted by Gasteiger charge is -2.11. The summed E-state index contributed by atoms with van der Waals surface area (Å²) in [5, 5.41) is 0.465. The van der Waals surface area contributed by atoms with Crippen molar-refractivity contribution in [2.75, 3.05) is 13.7 Å². The molecule has 0 aliphatic heterocycles. The second kappa shape index (κ2) is 9.74. The fourth-order valence-corrected chi connectivity index (χ4v) is 2.66. The molecule has 3 aromatic rings. The highest BCUT2D eigenvalue weighted by atomic mass is 35.5. The normalized spacial score (nSPS) is 10.9. The number of aliphatic imine (C=N–C) groups is 1. The van der Waals surface area contributed by atoms with Crippen LogP contribution in [0.4, 0.5) is 0 Å². The minimum atomic E-state index is 0.394. The Hall–Kier alpha value is -2.85. The van der Waals surface area contributed by atoms with Crippen LogP contribution in [0.25, 0.3) is 0 Å². The maximum atomic E-state index is 5.84. The number of hydrogen-bond donors (Lipinski definition) is 0. The molecule has 0 aliphatic carbocycles. The monoisotopic (exact) mass is 380 g/mol. The number of halogens is 1. The van der Waals surface area contributed by atoms with Gasteiger partial charge in [0.1, 0.15) is 11.8 Å². The highest BCUT2D eigenvalue weighted by molar-refractivity contribution is 6.29. The molecule has 5 heteroatoms. The van der Waals surface area contributed by atoms with E-state index in [1.165, 1.54) is 5.56 Å². The summed E-state index contributed by atoms with van der Waals surface area (Å²) in [4.78, 5) is 8.55. The van der Waals surface area contributed by atoms with Crippen molar-refractivity contribution in [1.29, 1.82) is 0 Å². The Morgan fingerprint density at radius 3 is 2.59 bits per heavy atom. The molecule has 0 radical (unpaired) electrons. The van der Waals surface area contributed by atoms with Crippen molar-refractivity contribution in [3.05, 3.63) is 88.7 Å². The van der Waals surface area contributed by atoms with Crippen LogP contribution in [0.1, 0.15) is 16.7 Å². The number of pyridine rings is 1. The second-order valence-electron chi connectivity index (χ2n) is 5.96. The lowest BCUT2D eigenvalue weighted by Crippen LogP contribution is -1.99. The Kier molecular flexibility index (Phi) is 6.83. The minimum absolute atomic E-state index is 0.394. The van der Waals surface area contributed by atoms with Crippen LogP contribution in [0.5, 0.6) is 11.5 Å². The van der Waals surface area contributed by atoms with Crippen LogP contribution in [0.15, 0.2) is 71.9 Å². The van der Waals surface area contributed by atoms with E-state index in [0.717, 1.165) is 24.1 Å². The summed E-state index contributed by atoms with van der Waals surface area (Å²) >= 11 is 5.80. The highest BCUT2D eigenvalue weighted by Gasteiger charge is 2.06. The van der Waals surface area contributed by atoms with E-state index in [1.807, 2.05) is 48.7 Å². The summed E-state index contributed by atoms with van der Waals surface area (Å²) in [7, 11) is 1.63. The van der Waals surface area contributed by atoms with E-state index in [9.17, 15) is 0 Å². The molecule has 1 heterocycles. The molecule has 138 valence electrons. The van der Waals surface area contributed by atoms with Gasteiger partial charge in [0.2, 0.25) is 0 Å². The summed E-state index contributed by atoms with van der Waals surface area (Å²) in [6.45, 7) is 1.14. The highest BCUT2D eigenvalue weighted by Crippen LogP contribution is 2.28. The molecule has 27 heavy (non-hydrogen) atoms. The maximum absolute atomic E-state index is 5.84. The van der Waals surface area contributed by atoms with Gasteiger partial charge in [0.05, 0.1) is 7.11 Å². The number of ether oxygens (including phenoxy) is 2. The zero-order valence-corrected chi connectivity index (χ0v) is 15.9. The third-order valence-corrected chi connectivity index (χ3v) is 4.21. The summed E-state index contributed by atoms with van der Waals surface area (Å²) in [6.07, 6.45) is 4.48. The van der Waals surface area contributed by atoms with Crippen LogP contribution in [0.2, 0.25) is 5.15 Å². The van der Waals surface area contributed by atoms with Gasteiger partial charge in [-0.1, -0.05) is 48.0 Å². The first kappa shape index (κ1) is 18.9. The minimum Gasteiger partial charge on any atom is -0.493 e. The molecule has 1 aromatic heterocycles. The molecule has 0 bridgehead atoms. The lowest BCUT2D eigenvalue weighted by molar-refractivity contribution is 0.284. The molecule has 4 nitrogen and oxygen atoms in total. The number of hydrogen-bond acceptors (Lipinski definition) is 4. The predicted molar refractivity (Wildman–Crippen MR) is 109 cm³/mol. The molecule has 0 unspecified atom stereocenters. The molecule has 0 fully saturated rings. The van der Waals surface area contributed by atoms with Crippen LogP contribution >= 0.6 is 11.6 Å². The molecule has 0 saturated carbocycles. The van der Waals surface area contributed by atoms with E-state index in [1.54, 1.807) is 19.4 Å². The number of aromatic nitrogens is 1. The van der Waals surface area contributed by atoms with Gasteiger partial charge in [0.15, 0.2) is 11.5 Å². The Morgan fingerprint density at radius 1 is 1.00 bits per heavy atom. The zero-order valence-electron chi connectivity index (χ0n) is 15.1. The maximum Gasteiger partial charge on any atom is 0.161 e. The third kappa shape index (κ3) is 5.83. The van der Waals surface area contributed by atoms with Crippen LogP contribution in [0.3, 0.4) is 0 Å². The summed E-state index contributed by atoms with van der Waals surface area (Å²) in [5.74, 6) is 1.35. The van der Waals surface area contributed by atoms with Crippen molar-refractivity contribution in [3.8, 4) is 11.5 Å². The van der Waals surface area contributed by atoms with Crippen molar-refractivity contribution in [2.45, 2.75) is 13.0 Å². The fourth-order valence-electron chi connectivity index (χ4n) is 2.54. The third-order valence-electron chi connectivity index (χ3n) is 3.98. The van der Waals surface area contributed by atoms with Gasteiger partial charge >= 0.3 is 0 Å². The van der Waals surface area contributed by atoms with Crippen molar-refractivity contribution in [2.24, 2.45) is 4.99 Å². The predicted octanol–water partition coefficient (Wildman–Crippen LogP) is 4.98. The van der Waals surface area contributed by atoms with Crippen molar-refractivity contribution >= 4 is 17.8 Å². The topological polar surface area (TPSA) is 43.7 Å². The Morgan fingerprint density at radius 2 is 1.85 bits per heavy atom. The van der Waals surface area contributed by atoms with Gasteiger partial charge in [0, 0.05) is 24.5 Å².